The van der Waals surface area contributed by atoms with Crippen LogP contribution in [0.25, 0.3) is 0 Å². The molecule has 0 fully saturated rings. The molecule has 0 spiro atoms. The minimum atomic E-state index is 0.429. The van der Waals surface area contributed by atoms with Crippen LogP contribution >= 0.6 is 11.3 Å². The van der Waals surface area contributed by atoms with Gasteiger partial charge in [0, 0.05) is 17.5 Å². The first kappa shape index (κ1) is 15.2. The largest absolute Gasteiger partial charge is 0.308 e. The molecule has 2 unspecified atom stereocenters. The van der Waals surface area contributed by atoms with E-state index in [1.54, 1.807) is 0 Å². The van der Waals surface area contributed by atoms with Crippen molar-refractivity contribution in [3.05, 3.63) is 58.3 Å². The van der Waals surface area contributed by atoms with Gasteiger partial charge in [0.05, 0.1) is 6.04 Å². The molecule has 2 nitrogen and oxygen atoms in total. The lowest BCUT2D eigenvalue weighted by molar-refractivity contribution is 0.282. The number of nitrogens with one attached hydrogen (secondary N) is 1. The highest BCUT2D eigenvalue weighted by atomic mass is 32.1. The molecule has 20 heavy (non-hydrogen) atoms. The maximum absolute atomic E-state index is 3.72. The minimum absolute atomic E-state index is 0.429. The smallest absolute Gasteiger partial charge is 0.0561 e. The zero-order valence-electron chi connectivity index (χ0n) is 12.5. The number of hydrogen-bond acceptors (Lipinski definition) is 3. The van der Waals surface area contributed by atoms with Gasteiger partial charge in [0.1, 0.15) is 0 Å². The van der Waals surface area contributed by atoms with Crippen LogP contribution in [-0.4, -0.2) is 25.5 Å². The quantitative estimate of drug-likeness (QED) is 0.825. The van der Waals surface area contributed by atoms with Crippen molar-refractivity contribution < 1.29 is 0 Å². The van der Waals surface area contributed by atoms with Crippen LogP contribution in [0.3, 0.4) is 0 Å². The lowest BCUT2D eigenvalue weighted by Gasteiger charge is -2.26. The summed E-state index contributed by atoms with van der Waals surface area (Å²) in [4.78, 5) is 3.71. The number of likely N-dealkylation sites (N-methyl/N-ethyl adjacent to an activating group) is 1. The van der Waals surface area contributed by atoms with Gasteiger partial charge in [-0.2, -0.15) is 0 Å². The van der Waals surface area contributed by atoms with Gasteiger partial charge in [0.2, 0.25) is 0 Å². The lowest BCUT2D eigenvalue weighted by atomic mass is 10.0. The Bertz CT molecular complexity index is 479. The third-order valence-electron chi connectivity index (χ3n) is 3.66. The average Bonchev–Trinajstić information content (AvgIpc) is 2.98. The molecule has 0 saturated carbocycles. The third kappa shape index (κ3) is 3.92. The summed E-state index contributed by atoms with van der Waals surface area (Å²) in [6.07, 6.45) is 1.11. The standard InChI is InChI=1S/C17H24N2S/c1-4-15(14-9-6-5-7-10-14)18-13-16(19(2)3)17-11-8-12-20-17/h5-12,15-16,18H,4,13H2,1-3H3. The molecule has 1 aromatic heterocycles. The van der Waals surface area contributed by atoms with Crippen LogP contribution in [0.5, 0.6) is 0 Å². The van der Waals surface area contributed by atoms with Crippen molar-refractivity contribution in [2.24, 2.45) is 0 Å². The van der Waals surface area contributed by atoms with E-state index in [4.69, 9.17) is 0 Å². The van der Waals surface area contributed by atoms with Gasteiger partial charge >= 0.3 is 0 Å². The molecule has 1 aromatic carbocycles. The van der Waals surface area contributed by atoms with Gasteiger partial charge < -0.3 is 10.2 Å². The van der Waals surface area contributed by atoms with E-state index in [2.05, 4.69) is 79.1 Å². The Morgan fingerprint density at radius 1 is 1.10 bits per heavy atom. The number of nitrogens with zero attached hydrogens (tertiary/aromatic N) is 1. The zero-order chi connectivity index (χ0) is 14.4. The van der Waals surface area contributed by atoms with E-state index < -0.39 is 0 Å². The summed E-state index contributed by atoms with van der Waals surface area (Å²) in [5.41, 5.74) is 1.37. The van der Waals surface area contributed by atoms with Crippen LogP contribution in [-0.2, 0) is 0 Å². The van der Waals surface area contributed by atoms with Gasteiger partial charge in [-0.05, 0) is 37.5 Å². The molecule has 2 atom stereocenters. The number of rotatable bonds is 7. The second-order valence-electron chi connectivity index (χ2n) is 5.27. The Morgan fingerprint density at radius 3 is 2.40 bits per heavy atom. The van der Waals surface area contributed by atoms with Crippen molar-refractivity contribution in [3.8, 4) is 0 Å². The fourth-order valence-corrected chi connectivity index (χ4v) is 3.38. The summed E-state index contributed by atoms with van der Waals surface area (Å²) in [6.45, 7) is 3.21. The van der Waals surface area contributed by atoms with Crippen LogP contribution < -0.4 is 5.32 Å². The van der Waals surface area contributed by atoms with Gasteiger partial charge in [-0.1, -0.05) is 43.3 Å². The van der Waals surface area contributed by atoms with Crippen LogP contribution in [0.4, 0.5) is 0 Å². The number of thiophene rings is 1. The highest BCUT2D eigenvalue weighted by molar-refractivity contribution is 7.10. The highest BCUT2D eigenvalue weighted by Gasteiger charge is 2.17. The molecule has 0 radical (unpaired) electrons. The molecule has 3 heteroatoms. The first-order chi connectivity index (χ1) is 9.72. The molecule has 0 amide bonds. The van der Waals surface area contributed by atoms with Crippen molar-refractivity contribution in [2.75, 3.05) is 20.6 Å². The fraction of sp³-hybridized carbons (Fsp3) is 0.412. The molecule has 0 saturated heterocycles. The molecule has 0 bridgehead atoms. The first-order valence-electron chi connectivity index (χ1n) is 7.20. The second kappa shape index (κ2) is 7.58. The summed E-state index contributed by atoms with van der Waals surface area (Å²) < 4.78 is 0. The monoisotopic (exact) mass is 288 g/mol. The molecule has 1 heterocycles. The van der Waals surface area contributed by atoms with Crippen LogP contribution in [0, 0.1) is 0 Å². The van der Waals surface area contributed by atoms with Crippen LogP contribution in [0.2, 0.25) is 0 Å². The minimum Gasteiger partial charge on any atom is -0.308 e. The number of benzene rings is 1. The Morgan fingerprint density at radius 2 is 1.85 bits per heavy atom. The Balaban J connectivity index is 2.01. The van der Waals surface area contributed by atoms with Gasteiger partial charge in [0.15, 0.2) is 0 Å². The molecule has 0 aliphatic rings. The number of hydrogen-bond donors (Lipinski definition) is 1. The molecular weight excluding hydrogens is 264 g/mol. The molecule has 108 valence electrons. The van der Waals surface area contributed by atoms with E-state index >= 15 is 0 Å². The van der Waals surface area contributed by atoms with E-state index in [0.29, 0.717) is 12.1 Å². The highest BCUT2D eigenvalue weighted by Crippen LogP contribution is 2.24. The Labute approximate surface area is 126 Å². The summed E-state index contributed by atoms with van der Waals surface area (Å²) >= 11 is 1.83. The van der Waals surface area contributed by atoms with Gasteiger partial charge in [0.25, 0.3) is 0 Å². The van der Waals surface area contributed by atoms with Gasteiger partial charge in [-0.25, -0.2) is 0 Å². The average molecular weight is 288 g/mol. The van der Waals surface area contributed by atoms with Gasteiger partial charge in [-0.15, -0.1) is 11.3 Å². The van der Waals surface area contributed by atoms with E-state index in [9.17, 15) is 0 Å². The predicted octanol–water partition coefficient (Wildman–Crippen LogP) is 4.09. The van der Waals surface area contributed by atoms with E-state index in [1.165, 1.54) is 10.4 Å². The summed E-state index contributed by atoms with van der Waals surface area (Å²) in [5, 5.41) is 5.87. The maximum Gasteiger partial charge on any atom is 0.0561 e. The van der Waals surface area contributed by atoms with E-state index in [-0.39, 0.29) is 0 Å². The zero-order valence-corrected chi connectivity index (χ0v) is 13.4. The van der Waals surface area contributed by atoms with Crippen molar-refractivity contribution in [1.29, 1.82) is 0 Å². The molecular formula is C17H24N2S. The molecule has 0 aliphatic carbocycles. The van der Waals surface area contributed by atoms with Crippen molar-refractivity contribution in [3.63, 3.8) is 0 Å². The lowest BCUT2D eigenvalue weighted by Crippen LogP contribution is -2.32. The normalized spacial score (nSPS) is 14.4. The Kier molecular flexibility index (Phi) is 5.77. The third-order valence-corrected chi connectivity index (χ3v) is 4.64. The van der Waals surface area contributed by atoms with E-state index in [0.717, 1.165) is 13.0 Å². The molecule has 1 N–H and O–H groups in total. The summed E-state index contributed by atoms with van der Waals surface area (Å²) in [7, 11) is 4.30. The molecule has 2 rings (SSSR count). The van der Waals surface area contributed by atoms with Crippen molar-refractivity contribution in [1.82, 2.24) is 10.2 Å². The predicted molar refractivity (Wildman–Crippen MR) is 88.2 cm³/mol. The van der Waals surface area contributed by atoms with Crippen molar-refractivity contribution in [2.45, 2.75) is 25.4 Å². The second-order valence-corrected chi connectivity index (χ2v) is 6.25. The molecule has 2 aromatic rings. The molecule has 0 aliphatic heterocycles. The fourth-order valence-electron chi connectivity index (χ4n) is 2.46. The maximum atomic E-state index is 3.72. The Hall–Kier alpha value is -1.16. The summed E-state index contributed by atoms with van der Waals surface area (Å²) in [5.74, 6) is 0. The van der Waals surface area contributed by atoms with E-state index in [1.807, 2.05) is 11.3 Å². The van der Waals surface area contributed by atoms with Crippen LogP contribution in [0.1, 0.15) is 35.9 Å². The van der Waals surface area contributed by atoms with Crippen molar-refractivity contribution >= 4 is 11.3 Å². The SMILES string of the molecule is CCC(NCC(c1cccs1)N(C)C)c1ccccc1. The first-order valence-corrected chi connectivity index (χ1v) is 8.08. The van der Waals surface area contributed by atoms with Gasteiger partial charge in [-0.3, -0.25) is 0 Å². The van der Waals surface area contributed by atoms with Crippen LogP contribution in [0.15, 0.2) is 47.8 Å². The summed E-state index contributed by atoms with van der Waals surface area (Å²) in [6, 6.07) is 15.9. The topological polar surface area (TPSA) is 15.3 Å².